The molecule has 0 saturated carbocycles. The van der Waals surface area contributed by atoms with Gasteiger partial charge in [0.2, 0.25) is 11.8 Å². The fraction of sp³-hybridized carbons (Fsp3) is 0.300. The number of nitrogens with one attached hydrogen (secondary N) is 1. The molecule has 6 nitrogen and oxygen atoms in total. The van der Waals surface area contributed by atoms with Crippen LogP contribution in [0.15, 0.2) is 42.5 Å². The number of hydrogen-bond acceptors (Lipinski definition) is 4. The van der Waals surface area contributed by atoms with Crippen molar-refractivity contribution in [3.8, 4) is 11.5 Å². The van der Waals surface area contributed by atoms with Crippen LogP contribution in [0, 0.1) is 6.92 Å². The van der Waals surface area contributed by atoms with Gasteiger partial charge < -0.3 is 19.7 Å². The quantitative estimate of drug-likeness (QED) is 0.703. The number of benzene rings is 2. The van der Waals surface area contributed by atoms with Crippen molar-refractivity contribution >= 4 is 29.1 Å². The Morgan fingerprint density at radius 3 is 2.41 bits per heavy atom. The topological polar surface area (TPSA) is 67.9 Å². The average molecular weight is 391 g/mol. The first-order valence-electron chi connectivity index (χ1n) is 8.49. The van der Waals surface area contributed by atoms with Gasteiger partial charge in [-0.1, -0.05) is 17.7 Å². The van der Waals surface area contributed by atoms with Crippen LogP contribution >= 0.6 is 11.6 Å². The zero-order chi connectivity index (χ0) is 19.8. The van der Waals surface area contributed by atoms with Gasteiger partial charge in [-0.2, -0.15) is 0 Å². The van der Waals surface area contributed by atoms with Crippen LogP contribution in [0.4, 0.5) is 5.69 Å². The standard InChI is InChI=1S/C20H23ClN2O4/c1-14-18(21)5-4-6-19(14)23(15(2)24)13-20(25)22-11-12-27-17-9-7-16(26-3)8-10-17/h4-10H,11-13H2,1-3H3,(H,22,25). The number of nitrogens with zero attached hydrogens (tertiary/aromatic N) is 1. The SMILES string of the molecule is COc1ccc(OCCNC(=O)CN(C(C)=O)c2cccc(Cl)c2C)cc1. The van der Waals surface area contributed by atoms with Gasteiger partial charge in [0.15, 0.2) is 0 Å². The fourth-order valence-electron chi connectivity index (χ4n) is 2.49. The maximum absolute atomic E-state index is 12.2. The van der Waals surface area contributed by atoms with Crippen LogP contribution in [0.3, 0.4) is 0 Å². The molecule has 2 amide bonds. The molecule has 0 atom stereocenters. The Hall–Kier alpha value is -2.73. The molecule has 0 spiro atoms. The number of rotatable bonds is 8. The van der Waals surface area contributed by atoms with Gasteiger partial charge in [-0.05, 0) is 48.9 Å². The fourth-order valence-corrected chi connectivity index (χ4v) is 2.65. The molecule has 0 fully saturated rings. The predicted molar refractivity (Wildman–Crippen MR) is 106 cm³/mol. The van der Waals surface area contributed by atoms with Gasteiger partial charge in [-0.15, -0.1) is 0 Å². The molecule has 0 aliphatic carbocycles. The smallest absolute Gasteiger partial charge is 0.240 e. The molecule has 0 aromatic heterocycles. The number of halogens is 1. The van der Waals surface area contributed by atoms with Gasteiger partial charge in [0.1, 0.15) is 24.7 Å². The van der Waals surface area contributed by atoms with Crippen molar-refractivity contribution in [2.24, 2.45) is 0 Å². The van der Waals surface area contributed by atoms with E-state index >= 15 is 0 Å². The summed E-state index contributed by atoms with van der Waals surface area (Å²) in [7, 11) is 1.60. The molecule has 0 heterocycles. The first-order chi connectivity index (χ1) is 12.9. The molecule has 7 heteroatoms. The molecule has 144 valence electrons. The van der Waals surface area contributed by atoms with Crippen LogP contribution < -0.4 is 19.7 Å². The highest BCUT2D eigenvalue weighted by Gasteiger charge is 2.18. The average Bonchev–Trinajstić information content (AvgIpc) is 2.66. The number of carbonyl (C=O) groups is 2. The predicted octanol–water partition coefficient (Wildman–Crippen LogP) is 3.21. The third-order valence-electron chi connectivity index (χ3n) is 3.96. The monoisotopic (exact) mass is 390 g/mol. The molecule has 2 rings (SSSR count). The first-order valence-corrected chi connectivity index (χ1v) is 8.87. The van der Waals surface area contributed by atoms with Crippen molar-refractivity contribution < 1.29 is 19.1 Å². The van der Waals surface area contributed by atoms with Gasteiger partial charge in [0, 0.05) is 17.6 Å². The third kappa shape index (κ3) is 5.89. The Balaban J connectivity index is 1.85. The molecule has 0 bridgehead atoms. The van der Waals surface area contributed by atoms with Gasteiger partial charge in [0.25, 0.3) is 0 Å². The summed E-state index contributed by atoms with van der Waals surface area (Å²) >= 11 is 6.12. The summed E-state index contributed by atoms with van der Waals surface area (Å²) in [4.78, 5) is 25.6. The van der Waals surface area contributed by atoms with E-state index in [0.717, 1.165) is 11.3 Å². The molecule has 2 aromatic rings. The molecule has 27 heavy (non-hydrogen) atoms. The summed E-state index contributed by atoms with van der Waals surface area (Å²) in [6.45, 7) is 3.78. The minimum absolute atomic E-state index is 0.0843. The Labute approximate surface area is 164 Å². The highest BCUT2D eigenvalue weighted by Crippen LogP contribution is 2.26. The Morgan fingerprint density at radius 2 is 1.78 bits per heavy atom. The molecule has 0 aliphatic heterocycles. The van der Waals surface area contributed by atoms with Crippen LogP contribution in [0.2, 0.25) is 5.02 Å². The van der Waals surface area contributed by atoms with E-state index in [4.69, 9.17) is 21.1 Å². The summed E-state index contributed by atoms with van der Waals surface area (Å²) < 4.78 is 10.6. The lowest BCUT2D eigenvalue weighted by molar-refractivity contribution is -0.123. The second-order valence-corrected chi connectivity index (χ2v) is 6.27. The zero-order valence-corrected chi connectivity index (χ0v) is 16.4. The van der Waals surface area contributed by atoms with E-state index in [1.165, 1.54) is 11.8 Å². The number of carbonyl (C=O) groups excluding carboxylic acids is 2. The molecule has 2 aromatic carbocycles. The van der Waals surface area contributed by atoms with Gasteiger partial charge in [0.05, 0.1) is 13.7 Å². The molecule has 0 radical (unpaired) electrons. The number of amides is 2. The van der Waals surface area contributed by atoms with Crippen LogP contribution in [0.25, 0.3) is 0 Å². The van der Waals surface area contributed by atoms with E-state index in [9.17, 15) is 9.59 Å². The van der Waals surface area contributed by atoms with Gasteiger partial charge >= 0.3 is 0 Å². The summed E-state index contributed by atoms with van der Waals surface area (Å²) in [5, 5.41) is 3.30. The molecular formula is C20H23ClN2O4. The number of ether oxygens (including phenoxy) is 2. The van der Waals surface area contributed by atoms with Crippen molar-refractivity contribution in [2.45, 2.75) is 13.8 Å². The lowest BCUT2D eigenvalue weighted by atomic mass is 10.1. The maximum Gasteiger partial charge on any atom is 0.240 e. The van der Waals surface area contributed by atoms with Crippen LogP contribution in [-0.4, -0.2) is 38.6 Å². The molecule has 0 saturated heterocycles. The Morgan fingerprint density at radius 1 is 1.11 bits per heavy atom. The zero-order valence-electron chi connectivity index (χ0n) is 15.6. The summed E-state index contributed by atoms with van der Waals surface area (Å²) in [6.07, 6.45) is 0. The first kappa shape index (κ1) is 20.6. The minimum Gasteiger partial charge on any atom is -0.497 e. The van der Waals surface area contributed by atoms with E-state index in [0.29, 0.717) is 29.6 Å². The van der Waals surface area contributed by atoms with E-state index in [-0.39, 0.29) is 18.4 Å². The van der Waals surface area contributed by atoms with Crippen molar-refractivity contribution in [3.63, 3.8) is 0 Å². The second-order valence-electron chi connectivity index (χ2n) is 5.86. The summed E-state index contributed by atoms with van der Waals surface area (Å²) in [5.41, 5.74) is 1.38. The van der Waals surface area contributed by atoms with Crippen LogP contribution in [0.5, 0.6) is 11.5 Å². The second kappa shape index (κ2) is 9.83. The summed E-state index contributed by atoms with van der Waals surface area (Å²) in [5.74, 6) is 0.925. The lowest BCUT2D eigenvalue weighted by Crippen LogP contribution is -2.41. The highest BCUT2D eigenvalue weighted by molar-refractivity contribution is 6.31. The highest BCUT2D eigenvalue weighted by atomic mass is 35.5. The van der Waals surface area contributed by atoms with Crippen LogP contribution in [-0.2, 0) is 9.59 Å². The normalized spacial score (nSPS) is 10.2. The van der Waals surface area contributed by atoms with Crippen molar-refractivity contribution in [1.29, 1.82) is 0 Å². The summed E-state index contributed by atoms with van der Waals surface area (Å²) in [6, 6.07) is 12.4. The van der Waals surface area contributed by atoms with E-state index in [2.05, 4.69) is 5.32 Å². The Bertz CT molecular complexity index is 793. The number of methoxy groups -OCH3 is 1. The van der Waals surface area contributed by atoms with Crippen molar-refractivity contribution in [2.75, 3.05) is 31.7 Å². The van der Waals surface area contributed by atoms with Gasteiger partial charge in [-0.3, -0.25) is 9.59 Å². The Kier molecular flexibility index (Phi) is 7.49. The lowest BCUT2D eigenvalue weighted by Gasteiger charge is -2.23. The minimum atomic E-state index is -0.275. The molecule has 1 N–H and O–H groups in total. The van der Waals surface area contributed by atoms with E-state index < -0.39 is 0 Å². The van der Waals surface area contributed by atoms with Crippen LogP contribution in [0.1, 0.15) is 12.5 Å². The molecule has 0 unspecified atom stereocenters. The maximum atomic E-state index is 12.2. The largest absolute Gasteiger partial charge is 0.497 e. The number of hydrogen-bond donors (Lipinski definition) is 1. The third-order valence-corrected chi connectivity index (χ3v) is 4.37. The van der Waals surface area contributed by atoms with Crippen molar-refractivity contribution in [3.05, 3.63) is 53.1 Å². The van der Waals surface area contributed by atoms with E-state index in [1.54, 1.807) is 49.6 Å². The van der Waals surface area contributed by atoms with Gasteiger partial charge in [-0.25, -0.2) is 0 Å². The van der Waals surface area contributed by atoms with E-state index in [1.807, 2.05) is 6.92 Å². The van der Waals surface area contributed by atoms with Crippen molar-refractivity contribution in [1.82, 2.24) is 5.32 Å². The molecule has 0 aliphatic rings. The molecular weight excluding hydrogens is 368 g/mol. The number of anilines is 1.